The van der Waals surface area contributed by atoms with Crippen molar-refractivity contribution < 1.29 is 0 Å². The van der Waals surface area contributed by atoms with Gasteiger partial charge in [0, 0.05) is 31.2 Å². The molecule has 4 nitrogen and oxygen atoms in total. The van der Waals surface area contributed by atoms with Crippen LogP contribution in [0.25, 0.3) is 0 Å². The van der Waals surface area contributed by atoms with E-state index in [9.17, 15) is 0 Å². The SMILES string of the molecule is CCNC(Cc1cnn(C)c1)c1ccc(C)nc1. The first kappa shape index (κ1) is 12.8. The van der Waals surface area contributed by atoms with Crippen molar-refractivity contribution >= 4 is 0 Å². The van der Waals surface area contributed by atoms with Crippen LogP contribution in [0.1, 0.15) is 29.8 Å². The summed E-state index contributed by atoms with van der Waals surface area (Å²) < 4.78 is 1.84. The van der Waals surface area contributed by atoms with Crippen LogP contribution in [0.3, 0.4) is 0 Å². The molecule has 0 saturated carbocycles. The number of aryl methyl sites for hydroxylation is 2. The lowest BCUT2D eigenvalue weighted by Crippen LogP contribution is -2.23. The highest BCUT2D eigenvalue weighted by atomic mass is 15.2. The van der Waals surface area contributed by atoms with E-state index in [1.54, 1.807) is 0 Å². The zero-order chi connectivity index (χ0) is 13.0. The molecule has 0 saturated heterocycles. The Hall–Kier alpha value is -1.68. The average Bonchev–Trinajstić information content (AvgIpc) is 2.75. The molecule has 1 atom stereocenters. The summed E-state index contributed by atoms with van der Waals surface area (Å²) in [6, 6.07) is 4.50. The summed E-state index contributed by atoms with van der Waals surface area (Å²) in [6.45, 7) is 5.07. The molecule has 2 aromatic rings. The molecule has 0 aliphatic carbocycles. The van der Waals surface area contributed by atoms with Crippen LogP contribution in [0, 0.1) is 6.92 Å². The number of hydrogen-bond donors (Lipinski definition) is 1. The van der Waals surface area contributed by atoms with Crippen molar-refractivity contribution in [1.82, 2.24) is 20.1 Å². The Kier molecular flexibility index (Phi) is 4.10. The van der Waals surface area contributed by atoms with Crippen molar-refractivity contribution in [3.63, 3.8) is 0 Å². The van der Waals surface area contributed by atoms with Crippen LogP contribution in [0.5, 0.6) is 0 Å². The van der Waals surface area contributed by atoms with Crippen LogP contribution < -0.4 is 5.32 Å². The second-order valence-electron chi connectivity index (χ2n) is 4.57. The van der Waals surface area contributed by atoms with Gasteiger partial charge in [-0.15, -0.1) is 0 Å². The van der Waals surface area contributed by atoms with E-state index < -0.39 is 0 Å². The van der Waals surface area contributed by atoms with Gasteiger partial charge in [-0.05, 0) is 37.1 Å². The van der Waals surface area contributed by atoms with Crippen molar-refractivity contribution in [3.05, 3.63) is 47.5 Å². The van der Waals surface area contributed by atoms with Gasteiger partial charge in [-0.3, -0.25) is 9.67 Å². The van der Waals surface area contributed by atoms with Gasteiger partial charge in [-0.2, -0.15) is 5.10 Å². The first-order valence-corrected chi connectivity index (χ1v) is 6.32. The predicted octanol–water partition coefficient (Wildman–Crippen LogP) is 2.02. The minimum atomic E-state index is 0.298. The van der Waals surface area contributed by atoms with Crippen LogP contribution in [-0.2, 0) is 13.5 Å². The third kappa shape index (κ3) is 3.17. The summed E-state index contributed by atoms with van der Waals surface area (Å²) >= 11 is 0. The fourth-order valence-electron chi connectivity index (χ4n) is 2.05. The molecule has 0 aromatic carbocycles. The van der Waals surface area contributed by atoms with Gasteiger partial charge >= 0.3 is 0 Å². The van der Waals surface area contributed by atoms with Gasteiger partial charge < -0.3 is 5.32 Å². The Morgan fingerprint density at radius 2 is 2.17 bits per heavy atom. The lowest BCUT2D eigenvalue weighted by Gasteiger charge is -2.17. The molecule has 0 aliphatic rings. The molecule has 2 heterocycles. The van der Waals surface area contributed by atoms with Crippen LogP contribution in [-0.4, -0.2) is 21.3 Å². The van der Waals surface area contributed by atoms with E-state index in [-0.39, 0.29) is 0 Å². The topological polar surface area (TPSA) is 42.7 Å². The van der Waals surface area contributed by atoms with Crippen molar-refractivity contribution in [2.24, 2.45) is 7.05 Å². The molecule has 1 N–H and O–H groups in total. The smallest absolute Gasteiger partial charge is 0.0522 e. The van der Waals surface area contributed by atoms with Crippen molar-refractivity contribution in [2.75, 3.05) is 6.54 Å². The molecule has 2 rings (SSSR count). The summed E-state index contributed by atoms with van der Waals surface area (Å²) in [5.41, 5.74) is 3.52. The number of likely N-dealkylation sites (N-methyl/N-ethyl adjacent to an activating group) is 1. The van der Waals surface area contributed by atoms with E-state index in [2.05, 4.69) is 40.7 Å². The van der Waals surface area contributed by atoms with Gasteiger partial charge in [-0.25, -0.2) is 0 Å². The van der Waals surface area contributed by atoms with Gasteiger partial charge in [-0.1, -0.05) is 13.0 Å². The maximum absolute atomic E-state index is 4.37. The van der Waals surface area contributed by atoms with E-state index in [0.29, 0.717) is 6.04 Å². The molecule has 96 valence electrons. The molecule has 2 aromatic heterocycles. The van der Waals surface area contributed by atoms with Crippen molar-refractivity contribution in [1.29, 1.82) is 0 Å². The van der Waals surface area contributed by atoms with Crippen LogP contribution in [0.2, 0.25) is 0 Å². The van der Waals surface area contributed by atoms with Crippen LogP contribution in [0.15, 0.2) is 30.7 Å². The first-order valence-electron chi connectivity index (χ1n) is 6.32. The fourth-order valence-corrected chi connectivity index (χ4v) is 2.05. The highest BCUT2D eigenvalue weighted by Gasteiger charge is 2.12. The molecule has 1 unspecified atom stereocenters. The van der Waals surface area contributed by atoms with Crippen molar-refractivity contribution in [3.8, 4) is 0 Å². The Labute approximate surface area is 108 Å². The minimum Gasteiger partial charge on any atom is -0.310 e. The Balaban J connectivity index is 2.14. The molecule has 4 heteroatoms. The third-order valence-electron chi connectivity index (χ3n) is 2.99. The maximum Gasteiger partial charge on any atom is 0.0522 e. The van der Waals surface area contributed by atoms with Crippen LogP contribution in [0.4, 0.5) is 0 Å². The monoisotopic (exact) mass is 244 g/mol. The molecule has 18 heavy (non-hydrogen) atoms. The van der Waals surface area contributed by atoms with Gasteiger partial charge in [0.15, 0.2) is 0 Å². The van der Waals surface area contributed by atoms with Crippen LogP contribution >= 0.6 is 0 Å². The van der Waals surface area contributed by atoms with Gasteiger partial charge in [0.2, 0.25) is 0 Å². The number of nitrogens with one attached hydrogen (secondary N) is 1. The lowest BCUT2D eigenvalue weighted by molar-refractivity contribution is 0.548. The Bertz CT molecular complexity index is 487. The van der Waals surface area contributed by atoms with Crippen molar-refractivity contribution in [2.45, 2.75) is 26.3 Å². The first-order chi connectivity index (χ1) is 8.69. The second kappa shape index (κ2) is 5.78. The molecular weight excluding hydrogens is 224 g/mol. The number of pyridine rings is 1. The lowest BCUT2D eigenvalue weighted by atomic mass is 10.0. The molecule has 0 aliphatic heterocycles. The van der Waals surface area contributed by atoms with Gasteiger partial charge in [0.05, 0.1) is 6.20 Å². The van der Waals surface area contributed by atoms with Gasteiger partial charge in [0.1, 0.15) is 0 Å². The summed E-state index contributed by atoms with van der Waals surface area (Å²) in [4.78, 5) is 4.37. The van der Waals surface area contributed by atoms with E-state index in [1.807, 2.05) is 31.0 Å². The zero-order valence-corrected chi connectivity index (χ0v) is 11.2. The number of rotatable bonds is 5. The number of nitrogens with zero attached hydrogens (tertiary/aromatic N) is 3. The highest BCUT2D eigenvalue weighted by molar-refractivity contribution is 5.20. The van der Waals surface area contributed by atoms with E-state index in [0.717, 1.165) is 18.7 Å². The average molecular weight is 244 g/mol. The molecular formula is C14H20N4. The molecule has 0 amide bonds. The molecule has 0 fully saturated rings. The second-order valence-corrected chi connectivity index (χ2v) is 4.57. The Morgan fingerprint density at radius 3 is 2.72 bits per heavy atom. The third-order valence-corrected chi connectivity index (χ3v) is 2.99. The fraction of sp³-hybridized carbons (Fsp3) is 0.429. The summed E-state index contributed by atoms with van der Waals surface area (Å²) in [6.07, 6.45) is 6.88. The van der Waals surface area contributed by atoms with Gasteiger partial charge in [0.25, 0.3) is 0 Å². The molecule has 0 radical (unpaired) electrons. The summed E-state index contributed by atoms with van der Waals surface area (Å²) in [5, 5.41) is 7.71. The number of aromatic nitrogens is 3. The Morgan fingerprint density at radius 1 is 1.33 bits per heavy atom. The highest BCUT2D eigenvalue weighted by Crippen LogP contribution is 2.17. The largest absolute Gasteiger partial charge is 0.310 e. The normalized spacial score (nSPS) is 12.6. The summed E-state index contributed by atoms with van der Waals surface area (Å²) in [5.74, 6) is 0. The standard InChI is InChI=1S/C14H20N4/c1-4-15-14(7-12-8-17-18(3)10-12)13-6-5-11(2)16-9-13/h5-6,8-10,14-15H,4,7H2,1-3H3. The maximum atomic E-state index is 4.37. The number of hydrogen-bond acceptors (Lipinski definition) is 3. The zero-order valence-electron chi connectivity index (χ0n) is 11.2. The van der Waals surface area contributed by atoms with E-state index in [1.165, 1.54) is 11.1 Å². The van der Waals surface area contributed by atoms with E-state index >= 15 is 0 Å². The minimum absolute atomic E-state index is 0.298. The van der Waals surface area contributed by atoms with E-state index in [4.69, 9.17) is 0 Å². The predicted molar refractivity (Wildman–Crippen MR) is 72.3 cm³/mol. The molecule has 0 spiro atoms. The quantitative estimate of drug-likeness (QED) is 0.875. The molecule has 0 bridgehead atoms. The summed E-state index contributed by atoms with van der Waals surface area (Å²) in [7, 11) is 1.94.